The number of morpholine rings is 1. The average Bonchev–Trinajstić information content (AvgIpc) is 2.78. The molecule has 10 heteroatoms. The number of hydrogen-bond donors (Lipinski definition) is 1. The molecule has 3 aliphatic heterocycles. The van der Waals surface area contributed by atoms with Crippen LogP contribution in [0.25, 0.3) is 0 Å². The van der Waals surface area contributed by atoms with Gasteiger partial charge >= 0.3 is 0 Å². The Labute approximate surface area is 175 Å². The number of amides is 2. The number of carbonyl (C=O) groups excluding carboxylic acids is 2. The van der Waals surface area contributed by atoms with E-state index in [4.69, 9.17) is 10.00 Å². The second-order valence-electron chi connectivity index (χ2n) is 7.87. The maximum Gasteiger partial charge on any atom is 0.253 e. The first-order chi connectivity index (χ1) is 14.4. The molecule has 3 fully saturated rings. The highest BCUT2D eigenvalue weighted by Gasteiger charge is 2.40. The predicted octanol–water partition coefficient (Wildman–Crippen LogP) is 0.198. The van der Waals surface area contributed by atoms with Gasteiger partial charge in [-0.15, -0.1) is 0 Å². The van der Waals surface area contributed by atoms with E-state index in [2.05, 4.69) is 5.32 Å². The quantitative estimate of drug-likeness (QED) is 0.729. The molecule has 1 aromatic carbocycles. The van der Waals surface area contributed by atoms with Crippen LogP contribution < -0.4 is 5.32 Å². The molecule has 0 spiro atoms. The smallest absolute Gasteiger partial charge is 0.253 e. The number of fused-ring (bicyclic) bond motifs is 1. The molecule has 0 aromatic heterocycles. The number of ether oxygens (including phenoxy) is 1. The number of likely N-dealkylation sites (tertiary alicyclic amines) is 1. The standard InChI is InChI=1S/C20H24N4O5S/c21-12-15-11-16-13-23(6-5-18(16)22-19(15)25)20(26)14-1-3-17(4-2-14)30(27,28)24-7-9-29-10-8-24/h1-4,15-16,18H,5-11,13H2,(H,22,25). The van der Waals surface area contributed by atoms with Crippen LogP contribution in [-0.4, -0.2) is 74.9 Å². The number of piperidine rings is 2. The van der Waals surface area contributed by atoms with Crippen LogP contribution in [0.1, 0.15) is 23.2 Å². The van der Waals surface area contributed by atoms with Crippen molar-refractivity contribution in [3.63, 3.8) is 0 Å². The van der Waals surface area contributed by atoms with E-state index in [-0.39, 0.29) is 28.7 Å². The van der Waals surface area contributed by atoms with Crippen molar-refractivity contribution in [3.05, 3.63) is 29.8 Å². The normalized spacial score (nSPS) is 27.6. The first-order valence-corrected chi connectivity index (χ1v) is 11.5. The first-order valence-electron chi connectivity index (χ1n) is 10.1. The van der Waals surface area contributed by atoms with Gasteiger partial charge in [-0.2, -0.15) is 9.57 Å². The molecule has 9 nitrogen and oxygen atoms in total. The fourth-order valence-corrected chi connectivity index (χ4v) is 5.75. The van der Waals surface area contributed by atoms with Crippen LogP contribution in [0.3, 0.4) is 0 Å². The second kappa shape index (κ2) is 8.34. The van der Waals surface area contributed by atoms with E-state index >= 15 is 0 Å². The van der Waals surface area contributed by atoms with Gasteiger partial charge in [0.15, 0.2) is 0 Å². The van der Waals surface area contributed by atoms with Crippen LogP contribution >= 0.6 is 0 Å². The molecule has 1 aromatic rings. The minimum Gasteiger partial charge on any atom is -0.379 e. The molecule has 0 bridgehead atoms. The predicted molar refractivity (Wildman–Crippen MR) is 106 cm³/mol. The van der Waals surface area contributed by atoms with Gasteiger partial charge in [0, 0.05) is 37.8 Å². The zero-order valence-corrected chi connectivity index (χ0v) is 17.3. The summed E-state index contributed by atoms with van der Waals surface area (Å²) in [6.07, 6.45) is 1.09. The number of rotatable bonds is 3. The van der Waals surface area contributed by atoms with Crippen LogP contribution in [-0.2, 0) is 19.6 Å². The molecular weight excluding hydrogens is 408 g/mol. The Morgan fingerprint density at radius 1 is 1.17 bits per heavy atom. The van der Waals surface area contributed by atoms with Crippen LogP contribution in [0.2, 0.25) is 0 Å². The molecule has 3 heterocycles. The fraction of sp³-hybridized carbons (Fsp3) is 0.550. The number of nitriles is 1. The Kier molecular flexibility index (Phi) is 5.77. The molecule has 0 radical (unpaired) electrons. The summed E-state index contributed by atoms with van der Waals surface area (Å²) in [5.74, 6) is -1.03. The second-order valence-corrected chi connectivity index (χ2v) is 9.81. The molecule has 4 rings (SSSR count). The molecule has 3 unspecified atom stereocenters. The third kappa shape index (κ3) is 3.93. The van der Waals surface area contributed by atoms with Crippen molar-refractivity contribution < 1.29 is 22.7 Å². The van der Waals surface area contributed by atoms with E-state index in [0.29, 0.717) is 57.8 Å². The third-order valence-corrected chi connectivity index (χ3v) is 7.98. The van der Waals surface area contributed by atoms with Crippen LogP contribution in [0.4, 0.5) is 0 Å². The van der Waals surface area contributed by atoms with Crippen molar-refractivity contribution in [2.45, 2.75) is 23.8 Å². The van der Waals surface area contributed by atoms with Gasteiger partial charge in [0.1, 0.15) is 5.92 Å². The molecule has 0 saturated carbocycles. The summed E-state index contributed by atoms with van der Waals surface area (Å²) in [6, 6.07) is 8.05. The summed E-state index contributed by atoms with van der Waals surface area (Å²) in [5, 5.41) is 12.0. The lowest BCUT2D eigenvalue weighted by atomic mass is 9.80. The molecule has 3 saturated heterocycles. The minimum atomic E-state index is -3.60. The first kappa shape index (κ1) is 20.8. The summed E-state index contributed by atoms with van der Waals surface area (Å²) >= 11 is 0. The number of carbonyl (C=O) groups is 2. The monoisotopic (exact) mass is 432 g/mol. The van der Waals surface area contributed by atoms with Crippen molar-refractivity contribution in [2.75, 3.05) is 39.4 Å². The maximum absolute atomic E-state index is 12.9. The van der Waals surface area contributed by atoms with Crippen LogP contribution in [0, 0.1) is 23.2 Å². The minimum absolute atomic E-state index is 0.00723. The van der Waals surface area contributed by atoms with Crippen LogP contribution in [0.15, 0.2) is 29.2 Å². The van der Waals surface area contributed by atoms with Gasteiger partial charge in [0.05, 0.1) is 24.2 Å². The Bertz CT molecular complexity index is 966. The summed E-state index contributed by atoms with van der Waals surface area (Å²) in [6.45, 7) is 2.36. The van der Waals surface area contributed by atoms with Gasteiger partial charge in [-0.05, 0) is 43.0 Å². The van der Waals surface area contributed by atoms with Gasteiger partial charge in [0.25, 0.3) is 5.91 Å². The maximum atomic E-state index is 12.9. The molecule has 30 heavy (non-hydrogen) atoms. The lowest BCUT2D eigenvalue weighted by molar-refractivity contribution is -0.128. The molecule has 1 N–H and O–H groups in total. The molecule has 3 atom stereocenters. The van der Waals surface area contributed by atoms with E-state index in [0.717, 1.165) is 0 Å². The Morgan fingerprint density at radius 3 is 2.53 bits per heavy atom. The molecule has 3 aliphatic rings. The van der Waals surface area contributed by atoms with Crippen LogP contribution in [0.5, 0.6) is 0 Å². The van der Waals surface area contributed by atoms with Crippen molar-refractivity contribution in [1.29, 1.82) is 5.26 Å². The highest BCUT2D eigenvalue weighted by atomic mass is 32.2. The molecule has 160 valence electrons. The number of benzene rings is 1. The van der Waals surface area contributed by atoms with E-state index in [1.807, 2.05) is 6.07 Å². The lowest BCUT2D eigenvalue weighted by Crippen LogP contribution is -2.57. The third-order valence-electron chi connectivity index (χ3n) is 6.07. The average molecular weight is 433 g/mol. The highest BCUT2D eigenvalue weighted by Crippen LogP contribution is 2.29. The number of hydrogen-bond acceptors (Lipinski definition) is 6. The van der Waals surface area contributed by atoms with Gasteiger partial charge in [-0.25, -0.2) is 8.42 Å². The number of nitrogens with zero attached hydrogens (tertiary/aromatic N) is 3. The van der Waals surface area contributed by atoms with Gasteiger partial charge in [-0.3, -0.25) is 9.59 Å². The molecular formula is C20H24N4O5S. The topological polar surface area (TPSA) is 120 Å². The number of sulfonamides is 1. The van der Waals surface area contributed by atoms with Crippen molar-refractivity contribution in [3.8, 4) is 6.07 Å². The zero-order valence-electron chi connectivity index (χ0n) is 16.5. The summed E-state index contributed by atoms with van der Waals surface area (Å²) in [5.41, 5.74) is 0.422. The lowest BCUT2D eigenvalue weighted by Gasteiger charge is -2.42. The number of nitrogens with one attached hydrogen (secondary N) is 1. The van der Waals surface area contributed by atoms with E-state index in [1.54, 1.807) is 17.0 Å². The van der Waals surface area contributed by atoms with E-state index < -0.39 is 15.9 Å². The summed E-state index contributed by atoms with van der Waals surface area (Å²) < 4.78 is 32.1. The SMILES string of the molecule is N#CC1CC2CN(C(=O)c3ccc(S(=O)(=O)N4CCOCC4)cc3)CCC2NC1=O. The molecule has 2 amide bonds. The van der Waals surface area contributed by atoms with E-state index in [9.17, 15) is 18.0 Å². The Balaban J connectivity index is 1.44. The van der Waals surface area contributed by atoms with Crippen molar-refractivity contribution in [2.24, 2.45) is 11.8 Å². The van der Waals surface area contributed by atoms with Gasteiger partial charge in [0.2, 0.25) is 15.9 Å². The van der Waals surface area contributed by atoms with E-state index in [1.165, 1.54) is 16.4 Å². The molecule has 0 aliphatic carbocycles. The van der Waals surface area contributed by atoms with Gasteiger partial charge < -0.3 is 15.0 Å². The van der Waals surface area contributed by atoms with Crippen molar-refractivity contribution in [1.82, 2.24) is 14.5 Å². The Morgan fingerprint density at radius 2 is 1.87 bits per heavy atom. The largest absolute Gasteiger partial charge is 0.379 e. The van der Waals surface area contributed by atoms with Crippen molar-refractivity contribution >= 4 is 21.8 Å². The summed E-state index contributed by atoms with van der Waals surface area (Å²) in [4.78, 5) is 26.7. The zero-order chi connectivity index (χ0) is 21.3. The summed E-state index contributed by atoms with van der Waals surface area (Å²) in [7, 11) is -3.60. The Hall–Kier alpha value is -2.48. The fourth-order valence-electron chi connectivity index (χ4n) is 4.34. The van der Waals surface area contributed by atoms with Gasteiger partial charge in [-0.1, -0.05) is 0 Å². The highest BCUT2D eigenvalue weighted by molar-refractivity contribution is 7.89.